The van der Waals surface area contributed by atoms with Crippen molar-refractivity contribution in [1.29, 1.82) is 0 Å². The number of rotatable bonds is 6. The lowest BCUT2D eigenvalue weighted by Crippen LogP contribution is -2.25. The van der Waals surface area contributed by atoms with E-state index in [1.54, 1.807) is 0 Å². The van der Waals surface area contributed by atoms with Crippen LogP contribution in [0.5, 0.6) is 0 Å². The first-order valence-corrected chi connectivity index (χ1v) is 13.4. The molecule has 0 aromatic heterocycles. The molecule has 0 spiro atoms. The number of ether oxygens (including phenoxy) is 1. The molecule has 6 atom stereocenters. The number of fused-ring (bicyclic) bond motifs is 1. The van der Waals surface area contributed by atoms with Gasteiger partial charge in [0.2, 0.25) is 0 Å². The van der Waals surface area contributed by atoms with Crippen LogP contribution in [0.4, 0.5) is 0 Å². The lowest BCUT2D eigenvalue weighted by molar-refractivity contribution is -0.119. The zero-order valence-electron chi connectivity index (χ0n) is 21.0. The second-order valence-corrected chi connectivity index (χ2v) is 11.1. The first-order chi connectivity index (χ1) is 16.5. The number of aliphatic imine (C=N–C) groups is 1. The van der Waals surface area contributed by atoms with E-state index in [1.807, 2.05) is 6.92 Å². The van der Waals surface area contributed by atoms with Crippen molar-refractivity contribution in [3.05, 3.63) is 70.6 Å². The molecule has 0 bridgehead atoms. The van der Waals surface area contributed by atoms with Crippen molar-refractivity contribution in [3.8, 4) is 0 Å². The fraction of sp³-hybridized carbons (Fsp3) is 0.548. The molecule has 2 aliphatic heterocycles. The third kappa shape index (κ3) is 4.99. The number of hydrogen-bond acceptors (Lipinski definition) is 3. The Balaban J connectivity index is 0.00000160. The Morgan fingerprint density at radius 3 is 2.85 bits per heavy atom. The Bertz CT molecular complexity index is 1060. The molecule has 3 nitrogen and oxygen atoms in total. The van der Waals surface area contributed by atoms with Crippen molar-refractivity contribution in [2.45, 2.75) is 84.2 Å². The molecule has 1 saturated carbocycles. The summed E-state index contributed by atoms with van der Waals surface area (Å²) in [7, 11) is 0. The number of benzene rings is 1. The van der Waals surface area contributed by atoms with Crippen molar-refractivity contribution in [3.63, 3.8) is 0 Å². The van der Waals surface area contributed by atoms with Crippen LogP contribution in [0.3, 0.4) is 0 Å². The minimum absolute atomic E-state index is 0. The molecule has 2 aliphatic carbocycles. The van der Waals surface area contributed by atoms with Gasteiger partial charge in [0.25, 0.3) is 0 Å². The van der Waals surface area contributed by atoms with Gasteiger partial charge in [0.15, 0.2) is 0 Å². The van der Waals surface area contributed by atoms with Gasteiger partial charge in [-0.15, -0.1) is 0 Å². The standard InChI is InChI=1S/C31H39NO2.3H2/c1-20-19-32-31(30-13-5-4-12-29(20)30)26-11-7-10-25(17-26)24-9-6-8-23(15-24)16-28(33)18-27-14-21(2)34-22(27)3;;;/h5-6,8-9,13-15,19-20,22,25-27,29H,4,7,10-12,16-18H2,1-3H3;3*1H. The van der Waals surface area contributed by atoms with Gasteiger partial charge in [-0.1, -0.05) is 49.8 Å². The Morgan fingerprint density at radius 1 is 1.18 bits per heavy atom. The largest absolute Gasteiger partial charge is 0.495 e. The van der Waals surface area contributed by atoms with E-state index >= 15 is 0 Å². The van der Waals surface area contributed by atoms with Crippen LogP contribution in [0.15, 0.2) is 64.5 Å². The maximum Gasteiger partial charge on any atom is 0.137 e. The summed E-state index contributed by atoms with van der Waals surface area (Å²) in [5, 5.41) is 0. The predicted molar refractivity (Wildman–Crippen MR) is 145 cm³/mol. The minimum atomic E-state index is 0. The normalized spacial score (nSPS) is 32.9. The molecule has 34 heavy (non-hydrogen) atoms. The van der Waals surface area contributed by atoms with Crippen molar-refractivity contribution in [2.75, 3.05) is 0 Å². The maximum atomic E-state index is 12.8. The Hall–Kier alpha value is -2.42. The summed E-state index contributed by atoms with van der Waals surface area (Å²) in [6.45, 7) is 6.35. The molecule has 1 aromatic rings. The maximum absolute atomic E-state index is 12.8. The van der Waals surface area contributed by atoms with Gasteiger partial charge in [-0.3, -0.25) is 9.79 Å². The van der Waals surface area contributed by atoms with E-state index in [0.717, 1.165) is 11.3 Å². The highest BCUT2D eigenvalue weighted by Gasteiger charge is 2.33. The molecule has 186 valence electrons. The third-order valence-electron chi connectivity index (χ3n) is 8.49. The summed E-state index contributed by atoms with van der Waals surface area (Å²) in [5.41, 5.74) is 5.43. The molecule has 0 amide bonds. The van der Waals surface area contributed by atoms with Gasteiger partial charge in [0.1, 0.15) is 11.9 Å². The first-order valence-electron chi connectivity index (χ1n) is 13.4. The quantitative estimate of drug-likeness (QED) is 0.428. The summed E-state index contributed by atoms with van der Waals surface area (Å²) in [4.78, 5) is 17.8. The van der Waals surface area contributed by atoms with Gasteiger partial charge in [-0.05, 0) is 86.5 Å². The summed E-state index contributed by atoms with van der Waals surface area (Å²) in [6.07, 6.45) is 17.6. The van der Waals surface area contributed by atoms with E-state index in [0.29, 0.717) is 42.3 Å². The molecule has 3 heteroatoms. The smallest absolute Gasteiger partial charge is 0.137 e. The van der Waals surface area contributed by atoms with Crippen LogP contribution in [-0.4, -0.2) is 18.1 Å². The topological polar surface area (TPSA) is 38.7 Å². The Kier molecular flexibility index (Phi) is 6.90. The molecular formula is C31H45NO2. The number of nitrogens with zero attached hydrogens (tertiary/aromatic N) is 1. The van der Waals surface area contributed by atoms with Crippen LogP contribution in [0.2, 0.25) is 0 Å². The average molecular weight is 464 g/mol. The lowest BCUT2D eigenvalue weighted by atomic mass is 9.71. The first kappa shape index (κ1) is 23.3. The number of ketones is 1. The summed E-state index contributed by atoms with van der Waals surface area (Å²) in [6, 6.07) is 8.84. The Morgan fingerprint density at radius 2 is 2.03 bits per heavy atom. The van der Waals surface area contributed by atoms with E-state index in [4.69, 9.17) is 9.73 Å². The molecule has 0 N–H and O–H groups in total. The average Bonchev–Trinajstić information content (AvgIpc) is 3.16. The monoisotopic (exact) mass is 463 g/mol. The van der Waals surface area contributed by atoms with E-state index in [1.165, 1.54) is 55.4 Å². The van der Waals surface area contributed by atoms with Crippen molar-refractivity contribution >= 4 is 12.0 Å². The molecule has 1 fully saturated rings. The van der Waals surface area contributed by atoms with Gasteiger partial charge in [-0.2, -0.15) is 0 Å². The van der Waals surface area contributed by atoms with Crippen LogP contribution in [-0.2, 0) is 16.0 Å². The number of allylic oxidation sites excluding steroid dienone is 5. The van der Waals surface area contributed by atoms with Crippen LogP contribution in [0, 0.1) is 23.7 Å². The highest BCUT2D eigenvalue weighted by molar-refractivity contribution is 5.81. The SMILES string of the molecule is CC1=CC(CC(=O)Cc2cccc(C3CCCC(C4=C5C=CCCC5C(C)C=N4)C3)c2)C(C)O1.[HH].[HH].[HH]. The zero-order chi connectivity index (χ0) is 23.7. The predicted octanol–water partition coefficient (Wildman–Crippen LogP) is 8.08. The molecule has 4 aliphatic rings. The van der Waals surface area contributed by atoms with E-state index in [9.17, 15) is 4.79 Å². The molecule has 5 rings (SSSR count). The summed E-state index contributed by atoms with van der Waals surface area (Å²) in [5.74, 6) is 3.76. The van der Waals surface area contributed by atoms with Crippen LogP contribution < -0.4 is 0 Å². The van der Waals surface area contributed by atoms with Gasteiger partial charge >= 0.3 is 0 Å². The number of hydrogen-bond donors (Lipinski definition) is 0. The number of carbonyl (C=O) groups excluding carboxylic acids is 1. The van der Waals surface area contributed by atoms with Crippen molar-refractivity contribution in [1.82, 2.24) is 0 Å². The van der Waals surface area contributed by atoms with Gasteiger partial charge in [0, 0.05) is 40.9 Å². The van der Waals surface area contributed by atoms with Gasteiger partial charge in [-0.25, -0.2) is 0 Å². The molecule has 0 saturated heterocycles. The summed E-state index contributed by atoms with van der Waals surface area (Å²) >= 11 is 0. The fourth-order valence-corrected chi connectivity index (χ4v) is 6.65. The number of carbonyl (C=O) groups is 1. The van der Waals surface area contributed by atoms with E-state index < -0.39 is 0 Å². The zero-order valence-corrected chi connectivity index (χ0v) is 21.0. The van der Waals surface area contributed by atoms with Gasteiger partial charge in [0.05, 0.1) is 5.76 Å². The lowest BCUT2D eigenvalue weighted by Gasteiger charge is -2.36. The number of Topliss-reactive ketones (excluding diaryl/α,β-unsaturated/α-hetero) is 1. The van der Waals surface area contributed by atoms with E-state index in [-0.39, 0.29) is 16.3 Å². The highest BCUT2D eigenvalue weighted by Crippen LogP contribution is 2.45. The molecule has 6 unspecified atom stereocenters. The fourth-order valence-electron chi connectivity index (χ4n) is 6.65. The highest BCUT2D eigenvalue weighted by atomic mass is 16.5. The van der Waals surface area contributed by atoms with Crippen LogP contribution in [0.1, 0.15) is 87.0 Å². The van der Waals surface area contributed by atoms with Crippen molar-refractivity contribution in [2.24, 2.45) is 28.7 Å². The minimum Gasteiger partial charge on any atom is -0.495 e. The van der Waals surface area contributed by atoms with Crippen LogP contribution in [0.25, 0.3) is 0 Å². The van der Waals surface area contributed by atoms with Crippen molar-refractivity contribution < 1.29 is 13.8 Å². The molecule has 0 radical (unpaired) electrons. The van der Waals surface area contributed by atoms with Gasteiger partial charge < -0.3 is 4.74 Å². The van der Waals surface area contributed by atoms with Crippen LogP contribution >= 0.6 is 0 Å². The second kappa shape index (κ2) is 10.1. The van der Waals surface area contributed by atoms with E-state index in [2.05, 4.69) is 62.6 Å². The molecule has 2 heterocycles. The molecular weight excluding hydrogens is 418 g/mol. The molecule has 1 aromatic carbocycles. The summed E-state index contributed by atoms with van der Waals surface area (Å²) < 4.78 is 5.71. The second-order valence-electron chi connectivity index (χ2n) is 11.1. The third-order valence-corrected chi connectivity index (χ3v) is 8.49. The Labute approximate surface area is 209 Å².